The molecule has 3 N–H and O–H groups in total. The van der Waals surface area contributed by atoms with Crippen molar-refractivity contribution >= 4 is 29.3 Å². The van der Waals surface area contributed by atoms with Crippen molar-refractivity contribution in [3.63, 3.8) is 0 Å². The molecule has 0 unspecified atom stereocenters. The molecule has 26 heavy (non-hydrogen) atoms. The molecule has 1 fully saturated rings. The lowest BCUT2D eigenvalue weighted by molar-refractivity contribution is -0.133. The number of amides is 3. The number of carbonyl (C=O) groups is 3. The minimum Gasteiger partial charge on any atom is -0.344 e. The van der Waals surface area contributed by atoms with Gasteiger partial charge in [-0.2, -0.15) is 0 Å². The predicted molar refractivity (Wildman–Crippen MR) is 100 cm³/mol. The zero-order valence-electron chi connectivity index (χ0n) is 15.2. The normalized spacial score (nSPS) is 16.0. The second-order valence-corrected chi connectivity index (χ2v) is 7.46. The van der Waals surface area contributed by atoms with Crippen molar-refractivity contribution in [1.29, 1.82) is 0 Å². The van der Waals surface area contributed by atoms with Gasteiger partial charge in [-0.15, -0.1) is 0 Å². The van der Waals surface area contributed by atoms with Crippen LogP contribution in [0.1, 0.15) is 56.3 Å². The van der Waals surface area contributed by atoms with Gasteiger partial charge in [-0.3, -0.25) is 25.2 Å². The van der Waals surface area contributed by atoms with Gasteiger partial charge in [-0.05, 0) is 37.0 Å². The minimum atomic E-state index is -0.705. The first-order chi connectivity index (χ1) is 12.4. The van der Waals surface area contributed by atoms with Crippen LogP contribution >= 0.6 is 11.6 Å². The van der Waals surface area contributed by atoms with Crippen LogP contribution in [0.15, 0.2) is 24.3 Å². The van der Waals surface area contributed by atoms with Gasteiger partial charge in [0.2, 0.25) is 5.91 Å². The van der Waals surface area contributed by atoms with E-state index in [-0.39, 0.29) is 17.7 Å². The maximum absolute atomic E-state index is 12.4. The maximum atomic E-state index is 12.4. The Labute approximate surface area is 159 Å². The summed E-state index contributed by atoms with van der Waals surface area (Å²) in [6.07, 6.45) is 4.99. The lowest BCUT2D eigenvalue weighted by atomic mass is 9.88. The maximum Gasteiger partial charge on any atom is 0.269 e. The zero-order chi connectivity index (χ0) is 19.1. The van der Waals surface area contributed by atoms with Crippen LogP contribution in [0.4, 0.5) is 0 Å². The van der Waals surface area contributed by atoms with Gasteiger partial charge < -0.3 is 5.32 Å². The molecular formula is C19H26ClN3O3. The molecule has 1 aromatic carbocycles. The summed E-state index contributed by atoms with van der Waals surface area (Å²) in [7, 11) is 0. The fourth-order valence-electron chi connectivity index (χ4n) is 3.07. The highest BCUT2D eigenvalue weighted by Crippen LogP contribution is 2.24. The highest BCUT2D eigenvalue weighted by atomic mass is 35.5. The average Bonchev–Trinajstić information content (AvgIpc) is 2.64. The third kappa shape index (κ3) is 5.73. The molecule has 3 amide bonds. The fraction of sp³-hybridized carbons (Fsp3) is 0.526. The van der Waals surface area contributed by atoms with Crippen molar-refractivity contribution in [3.8, 4) is 0 Å². The topological polar surface area (TPSA) is 87.3 Å². The average molecular weight is 380 g/mol. The van der Waals surface area contributed by atoms with E-state index in [9.17, 15) is 14.4 Å². The number of rotatable bonds is 5. The Bertz CT molecular complexity index is 657. The number of benzene rings is 1. The van der Waals surface area contributed by atoms with Crippen molar-refractivity contribution in [2.45, 2.75) is 52.0 Å². The highest BCUT2D eigenvalue weighted by Gasteiger charge is 2.28. The van der Waals surface area contributed by atoms with Crippen LogP contribution in [0, 0.1) is 11.8 Å². The first kappa shape index (κ1) is 20.2. The lowest BCUT2D eigenvalue weighted by Crippen LogP contribution is -2.55. The summed E-state index contributed by atoms with van der Waals surface area (Å²) in [4.78, 5) is 37.0. The molecule has 7 heteroatoms. The molecular weight excluding hydrogens is 354 g/mol. The molecule has 1 aliphatic rings. The quantitative estimate of drug-likeness (QED) is 0.687. The fourth-order valence-corrected chi connectivity index (χ4v) is 3.26. The summed E-state index contributed by atoms with van der Waals surface area (Å²) >= 11 is 5.86. The first-order valence-corrected chi connectivity index (χ1v) is 9.42. The van der Waals surface area contributed by atoms with E-state index in [2.05, 4.69) is 16.2 Å². The molecule has 0 aromatic heterocycles. The smallest absolute Gasteiger partial charge is 0.269 e. The van der Waals surface area contributed by atoms with E-state index in [1.54, 1.807) is 18.2 Å². The Hall–Kier alpha value is -2.08. The third-order valence-corrected chi connectivity index (χ3v) is 4.84. The molecule has 0 heterocycles. The summed E-state index contributed by atoms with van der Waals surface area (Å²) in [5.41, 5.74) is 5.10. The third-order valence-electron chi connectivity index (χ3n) is 4.61. The molecule has 6 nitrogen and oxygen atoms in total. The van der Waals surface area contributed by atoms with Crippen LogP contribution in [0.2, 0.25) is 5.02 Å². The molecule has 0 radical (unpaired) electrons. The lowest BCUT2D eigenvalue weighted by Gasteiger charge is -2.26. The molecule has 1 saturated carbocycles. The van der Waals surface area contributed by atoms with Crippen LogP contribution in [-0.2, 0) is 9.59 Å². The van der Waals surface area contributed by atoms with Gasteiger partial charge in [0.1, 0.15) is 6.04 Å². The van der Waals surface area contributed by atoms with Gasteiger partial charge in [0.25, 0.3) is 11.8 Å². The van der Waals surface area contributed by atoms with Crippen LogP contribution in [-0.4, -0.2) is 23.8 Å². The number of hydrogen-bond donors (Lipinski definition) is 3. The molecule has 1 aromatic rings. The molecule has 142 valence electrons. The Kier molecular flexibility index (Phi) is 7.45. The van der Waals surface area contributed by atoms with Crippen molar-refractivity contribution in [2.75, 3.05) is 0 Å². The number of hydrogen-bond acceptors (Lipinski definition) is 3. The van der Waals surface area contributed by atoms with Crippen LogP contribution in [0.3, 0.4) is 0 Å². The van der Waals surface area contributed by atoms with Crippen molar-refractivity contribution < 1.29 is 14.4 Å². The Balaban J connectivity index is 1.91. The standard InChI is InChI=1S/C19H26ClN3O3/c1-12(2)16(21-17(24)13-7-4-3-5-8-13)19(26)23-22-18(25)14-9-6-10-15(20)11-14/h6,9-13,16H,3-5,7-8H2,1-2H3,(H,21,24)(H,22,25)(H,23,26)/t16-/m1/s1. The molecule has 0 aliphatic heterocycles. The molecule has 0 spiro atoms. The first-order valence-electron chi connectivity index (χ1n) is 9.04. The van der Waals surface area contributed by atoms with Gasteiger partial charge in [0.15, 0.2) is 0 Å². The van der Waals surface area contributed by atoms with Crippen LogP contribution in [0.25, 0.3) is 0 Å². The van der Waals surface area contributed by atoms with Crippen molar-refractivity contribution in [2.24, 2.45) is 11.8 Å². The number of nitrogens with one attached hydrogen (secondary N) is 3. The highest BCUT2D eigenvalue weighted by molar-refractivity contribution is 6.30. The summed E-state index contributed by atoms with van der Waals surface area (Å²) in [5.74, 6) is -1.13. The monoisotopic (exact) mass is 379 g/mol. The molecule has 1 aliphatic carbocycles. The van der Waals surface area contributed by atoms with E-state index in [4.69, 9.17) is 11.6 Å². The Morgan fingerprint density at radius 1 is 1.08 bits per heavy atom. The number of carbonyl (C=O) groups excluding carboxylic acids is 3. The van der Waals surface area contributed by atoms with Gasteiger partial charge in [-0.1, -0.05) is 50.8 Å². The molecule has 0 saturated heterocycles. The zero-order valence-corrected chi connectivity index (χ0v) is 15.9. The Morgan fingerprint density at radius 2 is 1.77 bits per heavy atom. The van der Waals surface area contributed by atoms with Gasteiger partial charge >= 0.3 is 0 Å². The largest absolute Gasteiger partial charge is 0.344 e. The number of halogens is 1. The minimum absolute atomic E-state index is 0.0288. The predicted octanol–water partition coefficient (Wildman–Crippen LogP) is 2.82. The van der Waals surface area contributed by atoms with E-state index in [1.807, 2.05) is 13.8 Å². The van der Waals surface area contributed by atoms with Crippen molar-refractivity contribution in [1.82, 2.24) is 16.2 Å². The van der Waals surface area contributed by atoms with Crippen molar-refractivity contribution in [3.05, 3.63) is 34.9 Å². The summed E-state index contributed by atoms with van der Waals surface area (Å²) in [5, 5.41) is 3.27. The molecule has 1 atom stereocenters. The summed E-state index contributed by atoms with van der Waals surface area (Å²) in [6, 6.07) is 5.71. The van der Waals surface area contributed by atoms with E-state index in [0.717, 1.165) is 32.1 Å². The van der Waals surface area contributed by atoms with Crippen LogP contribution in [0.5, 0.6) is 0 Å². The van der Waals surface area contributed by atoms with Crippen LogP contribution < -0.4 is 16.2 Å². The molecule has 2 rings (SSSR count). The van der Waals surface area contributed by atoms with E-state index in [0.29, 0.717) is 10.6 Å². The second-order valence-electron chi connectivity index (χ2n) is 7.02. The summed E-state index contributed by atoms with van der Waals surface area (Å²) in [6.45, 7) is 3.70. The van der Waals surface area contributed by atoms with E-state index >= 15 is 0 Å². The van der Waals surface area contributed by atoms with E-state index < -0.39 is 17.9 Å². The molecule has 0 bridgehead atoms. The SMILES string of the molecule is CC(C)[C@@H](NC(=O)C1CCCCC1)C(=O)NNC(=O)c1cccc(Cl)c1. The summed E-state index contributed by atoms with van der Waals surface area (Å²) < 4.78 is 0. The van der Waals surface area contributed by atoms with Gasteiger partial charge in [-0.25, -0.2) is 0 Å². The second kappa shape index (κ2) is 9.57. The van der Waals surface area contributed by atoms with Gasteiger partial charge in [0, 0.05) is 16.5 Å². The number of hydrazine groups is 1. The Morgan fingerprint density at radius 3 is 2.38 bits per heavy atom. The van der Waals surface area contributed by atoms with Gasteiger partial charge in [0.05, 0.1) is 0 Å². The van der Waals surface area contributed by atoms with E-state index in [1.165, 1.54) is 6.07 Å².